The Balaban J connectivity index is 2.54. The molecular formula is C12H24N4. The van der Waals surface area contributed by atoms with Crippen LogP contribution in [0.5, 0.6) is 0 Å². The third-order valence-electron chi connectivity index (χ3n) is 3.15. The summed E-state index contributed by atoms with van der Waals surface area (Å²) in [6.45, 7) is 4.44. The van der Waals surface area contributed by atoms with Crippen molar-refractivity contribution in [3.8, 4) is 0 Å². The smallest absolute Gasteiger partial charge is 0.138 e. The molecule has 0 radical (unpaired) electrons. The highest BCUT2D eigenvalue weighted by Crippen LogP contribution is 2.18. The summed E-state index contributed by atoms with van der Waals surface area (Å²) in [5.74, 6) is 1.61. The minimum absolute atomic E-state index is 0.211. The number of hydrogen-bond donors (Lipinski definition) is 1. The Bertz CT molecular complexity index is 289. The topological polar surface area (TPSA) is 56.7 Å². The fourth-order valence-electron chi connectivity index (χ4n) is 2.20. The lowest BCUT2D eigenvalue weighted by Gasteiger charge is -2.22. The third-order valence-corrected chi connectivity index (χ3v) is 3.15. The van der Waals surface area contributed by atoms with Crippen LogP contribution in [0.3, 0.4) is 0 Å². The van der Waals surface area contributed by atoms with Crippen molar-refractivity contribution in [3.63, 3.8) is 0 Å². The molecule has 0 aliphatic rings. The minimum Gasteiger partial charge on any atom is -0.327 e. The first kappa shape index (κ1) is 13.2. The molecule has 4 nitrogen and oxygen atoms in total. The SMILES string of the molecule is CCCC(CCC)C(N)Cc1ncnn1C. The van der Waals surface area contributed by atoms with Crippen molar-refractivity contribution in [2.45, 2.75) is 52.0 Å². The van der Waals surface area contributed by atoms with Gasteiger partial charge in [0, 0.05) is 19.5 Å². The molecule has 0 fully saturated rings. The molecule has 2 N–H and O–H groups in total. The van der Waals surface area contributed by atoms with Crippen LogP contribution in [0.25, 0.3) is 0 Å². The first-order valence-corrected chi connectivity index (χ1v) is 6.27. The highest BCUT2D eigenvalue weighted by molar-refractivity contribution is 4.90. The van der Waals surface area contributed by atoms with Crippen molar-refractivity contribution in [1.29, 1.82) is 0 Å². The summed E-state index contributed by atoms with van der Waals surface area (Å²) in [5.41, 5.74) is 6.27. The molecule has 92 valence electrons. The molecule has 0 saturated heterocycles. The molecule has 1 unspecified atom stereocenters. The standard InChI is InChI=1S/C12H24N4/c1-4-6-10(7-5-2)11(13)8-12-14-9-15-16(12)3/h9-11H,4-8,13H2,1-3H3. The fraction of sp³-hybridized carbons (Fsp3) is 0.833. The van der Waals surface area contributed by atoms with Crippen LogP contribution in [0.1, 0.15) is 45.4 Å². The minimum atomic E-state index is 0.211. The number of nitrogens with zero attached hydrogens (tertiary/aromatic N) is 3. The van der Waals surface area contributed by atoms with Crippen LogP contribution in [0.15, 0.2) is 6.33 Å². The van der Waals surface area contributed by atoms with Gasteiger partial charge in [-0.05, 0) is 18.8 Å². The van der Waals surface area contributed by atoms with Crippen LogP contribution in [0.4, 0.5) is 0 Å². The molecule has 4 heteroatoms. The number of aromatic nitrogens is 3. The molecule has 0 aromatic carbocycles. The molecule has 0 bridgehead atoms. The van der Waals surface area contributed by atoms with Crippen molar-refractivity contribution in [2.75, 3.05) is 0 Å². The second-order valence-corrected chi connectivity index (χ2v) is 4.51. The Morgan fingerprint density at radius 3 is 2.38 bits per heavy atom. The summed E-state index contributed by atoms with van der Waals surface area (Å²) in [6, 6.07) is 0.211. The second kappa shape index (κ2) is 6.63. The van der Waals surface area contributed by atoms with Gasteiger partial charge < -0.3 is 5.73 Å². The lowest BCUT2D eigenvalue weighted by molar-refractivity contribution is 0.353. The highest BCUT2D eigenvalue weighted by Gasteiger charge is 2.18. The largest absolute Gasteiger partial charge is 0.327 e. The average Bonchev–Trinajstić information content (AvgIpc) is 2.64. The van der Waals surface area contributed by atoms with Crippen molar-refractivity contribution >= 4 is 0 Å². The zero-order valence-corrected chi connectivity index (χ0v) is 10.7. The summed E-state index contributed by atoms with van der Waals surface area (Å²) in [4.78, 5) is 4.23. The van der Waals surface area contributed by atoms with E-state index in [0.29, 0.717) is 5.92 Å². The summed E-state index contributed by atoms with van der Waals surface area (Å²) < 4.78 is 1.81. The molecule has 0 aliphatic heterocycles. The van der Waals surface area contributed by atoms with E-state index in [4.69, 9.17) is 5.73 Å². The van der Waals surface area contributed by atoms with Gasteiger partial charge in [-0.3, -0.25) is 4.68 Å². The maximum absolute atomic E-state index is 6.27. The Morgan fingerprint density at radius 2 is 1.94 bits per heavy atom. The van der Waals surface area contributed by atoms with Gasteiger partial charge in [-0.2, -0.15) is 5.10 Å². The zero-order chi connectivity index (χ0) is 12.0. The van der Waals surface area contributed by atoms with E-state index in [2.05, 4.69) is 23.9 Å². The number of hydrogen-bond acceptors (Lipinski definition) is 3. The second-order valence-electron chi connectivity index (χ2n) is 4.51. The predicted octanol–water partition coefficient (Wildman–Crippen LogP) is 1.90. The van der Waals surface area contributed by atoms with E-state index >= 15 is 0 Å². The fourth-order valence-corrected chi connectivity index (χ4v) is 2.20. The summed E-state index contributed by atoms with van der Waals surface area (Å²) in [6.07, 6.45) is 7.27. The van der Waals surface area contributed by atoms with Gasteiger partial charge in [0.25, 0.3) is 0 Å². The molecule has 1 atom stereocenters. The molecule has 1 aromatic heterocycles. The zero-order valence-electron chi connectivity index (χ0n) is 10.7. The van der Waals surface area contributed by atoms with Gasteiger partial charge in [-0.25, -0.2) is 4.98 Å². The Kier molecular flexibility index (Phi) is 5.46. The Morgan fingerprint density at radius 1 is 1.31 bits per heavy atom. The molecule has 1 heterocycles. The van der Waals surface area contributed by atoms with Gasteiger partial charge in [0.15, 0.2) is 0 Å². The van der Waals surface area contributed by atoms with Crippen LogP contribution in [-0.4, -0.2) is 20.8 Å². The van der Waals surface area contributed by atoms with Gasteiger partial charge in [0.05, 0.1) is 0 Å². The molecular weight excluding hydrogens is 200 g/mol. The number of rotatable bonds is 7. The van der Waals surface area contributed by atoms with Gasteiger partial charge in [-0.15, -0.1) is 0 Å². The van der Waals surface area contributed by atoms with Crippen molar-refractivity contribution in [2.24, 2.45) is 18.7 Å². The molecule has 1 aromatic rings. The third kappa shape index (κ3) is 3.59. The first-order chi connectivity index (χ1) is 7.69. The van der Waals surface area contributed by atoms with Crippen molar-refractivity contribution in [1.82, 2.24) is 14.8 Å². The molecule has 0 saturated carbocycles. The summed E-state index contributed by atoms with van der Waals surface area (Å²) in [7, 11) is 1.92. The van der Waals surface area contributed by atoms with Gasteiger partial charge in [0.1, 0.15) is 12.2 Å². The van der Waals surface area contributed by atoms with E-state index in [1.165, 1.54) is 25.7 Å². The van der Waals surface area contributed by atoms with Gasteiger partial charge >= 0.3 is 0 Å². The lowest BCUT2D eigenvalue weighted by Crippen LogP contribution is -2.33. The highest BCUT2D eigenvalue weighted by atomic mass is 15.3. The van der Waals surface area contributed by atoms with Gasteiger partial charge in [-0.1, -0.05) is 26.7 Å². The number of nitrogens with two attached hydrogens (primary N) is 1. The van der Waals surface area contributed by atoms with E-state index < -0.39 is 0 Å². The van der Waals surface area contributed by atoms with Gasteiger partial charge in [0.2, 0.25) is 0 Å². The maximum Gasteiger partial charge on any atom is 0.138 e. The molecule has 16 heavy (non-hydrogen) atoms. The van der Waals surface area contributed by atoms with E-state index in [9.17, 15) is 0 Å². The Hall–Kier alpha value is -0.900. The summed E-state index contributed by atoms with van der Waals surface area (Å²) in [5, 5.41) is 4.07. The number of aryl methyl sites for hydroxylation is 1. The molecule has 0 spiro atoms. The van der Waals surface area contributed by atoms with Crippen LogP contribution >= 0.6 is 0 Å². The van der Waals surface area contributed by atoms with E-state index in [0.717, 1.165) is 12.2 Å². The van der Waals surface area contributed by atoms with E-state index in [1.807, 2.05) is 11.7 Å². The summed E-state index contributed by atoms with van der Waals surface area (Å²) >= 11 is 0. The van der Waals surface area contributed by atoms with Crippen LogP contribution < -0.4 is 5.73 Å². The van der Waals surface area contributed by atoms with Crippen molar-refractivity contribution < 1.29 is 0 Å². The normalized spacial score (nSPS) is 13.3. The lowest BCUT2D eigenvalue weighted by atomic mass is 9.89. The van der Waals surface area contributed by atoms with Crippen LogP contribution in [-0.2, 0) is 13.5 Å². The first-order valence-electron chi connectivity index (χ1n) is 6.27. The van der Waals surface area contributed by atoms with E-state index in [1.54, 1.807) is 6.33 Å². The quantitative estimate of drug-likeness (QED) is 0.769. The molecule has 0 amide bonds. The molecule has 0 aliphatic carbocycles. The van der Waals surface area contributed by atoms with Crippen LogP contribution in [0.2, 0.25) is 0 Å². The monoisotopic (exact) mass is 224 g/mol. The Labute approximate surface area is 98.2 Å². The molecule has 1 rings (SSSR count). The van der Waals surface area contributed by atoms with Crippen LogP contribution in [0, 0.1) is 5.92 Å². The average molecular weight is 224 g/mol. The van der Waals surface area contributed by atoms with Crippen molar-refractivity contribution in [3.05, 3.63) is 12.2 Å². The van der Waals surface area contributed by atoms with E-state index in [-0.39, 0.29) is 6.04 Å². The predicted molar refractivity (Wildman–Crippen MR) is 66.0 cm³/mol. The maximum atomic E-state index is 6.27.